The number of hydrogen-bond acceptors (Lipinski definition) is 4. The fourth-order valence-electron chi connectivity index (χ4n) is 4.23. The number of benzene rings is 2. The van der Waals surface area contributed by atoms with Gasteiger partial charge in [0.15, 0.2) is 0 Å². The van der Waals surface area contributed by atoms with E-state index in [1.807, 2.05) is 37.3 Å². The van der Waals surface area contributed by atoms with E-state index in [2.05, 4.69) is 47.6 Å². The van der Waals surface area contributed by atoms with Crippen molar-refractivity contribution in [3.8, 4) is 5.75 Å². The first-order valence-corrected chi connectivity index (χ1v) is 13.4. The Kier molecular flexibility index (Phi) is 11.5. The molecule has 0 saturated carbocycles. The Balaban J connectivity index is 2.56. The first kappa shape index (κ1) is 28.6. The molecule has 0 aromatic heterocycles. The highest BCUT2D eigenvalue weighted by molar-refractivity contribution is 5.92. The number of carbonyl (C=O) groups is 2. The Bertz CT molecular complexity index is 957. The summed E-state index contributed by atoms with van der Waals surface area (Å²) < 4.78 is 11.6. The van der Waals surface area contributed by atoms with Crippen molar-refractivity contribution in [3.05, 3.63) is 64.2 Å². The van der Waals surface area contributed by atoms with Crippen LogP contribution in [0.15, 0.2) is 36.4 Å². The minimum atomic E-state index is -0.467. The van der Waals surface area contributed by atoms with E-state index in [0.717, 1.165) is 48.8 Å². The molecule has 1 atom stereocenters. The lowest BCUT2D eigenvalue weighted by Crippen LogP contribution is -2.20. The van der Waals surface area contributed by atoms with Gasteiger partial charge in [0.2, 0.25) is 0 Å². The lowest BCUT2D eigenvalue weighted by Gasteiger charge is -2.24. The van der Waals surface area contributed by atoms with Crippen molar-refractivity contribution in [1.82, 2.24) is 0 Å². The van der Waals surface area contributed by atoms with E-state index in [1.165, 1.54) is 5.56 Å². The molecule has 0 bridgehead atoms. The molecule has 0 spiro atoms. The third-order valence-corrected chi connectivity index (χ3v) is 6.45. The third kappa shape index (κ3) is 7.95. The maximum Gasteiger partial charge on any atom is 0.343 e. The zero-order valence-corrected chi connectivity index (χ0v) is 22.8. The number of ether oxygens (including phenoxy) is 2. The first-order chi connectivity index (χ1) is 16.7. The molecular formula is C31H44O4. The van der Waals surface area contributed by atoms with Gasteiger partial charge in [-0.15, -0.1) is 0 Å². The Labute approximate surface area is 212 Å². The van der Waals surface area contributed by atoms with E-state index < -0.39 is 11.9 Å². The van der Waals surface area contributed by atoms with E-state index >= 15 is 0 Å². The summed E-state index contributed by atoms with van der Waals surface area (Å²) >= 11 is 0. The van der Waals surface area contributed by atoms with E-state index in [9.17, 15) is 9.59 Å². The summed E-state index contributed by atoms with van der Waals surface area (Å²) in [7, 11) is 0. The van der Waals surface area contributed by atoms with Crippen LogP contribution in [0.25, 0.3) is 0 Å². The Hall–Kier alpha value is -2.62. The van der Waals surface area contributed by atoms with Crippen LogP contribution in [0.4, 0.5) is 0 Å². The lowest BCUT2D eigenvalue weighted by atomic mass is 9.85. The van der Waals surface area contributed by atoms with Crippen LogP contribution >= 0.6 is 0 Å². The molecule has 0 N–H and O–H groups in total. The average Bonchev–Trinajstić information content (AvgIpc) is 2.83. The highest BCUT2D eigenvalue weighted by Gasteiger charge is 2.29. The minimum absolute atomic E-state index is 0.126. The molecule has 0 fully saturated rings. The summed E-state index contributed by atoms with van der Waals surface area (Å²) in [5.74, 6) is -0.204. The van der Waals surface area contributed by atoms with Crippen LogP contribution in [0.5, 0.6) is 5.75 Å². The summed E-state index contributed by atoms with van der Waals surface area (Å²) in [5, 5.41) is 0. The van der Waals surface area contributed by atoms with Crippen LogP contribution in [0, 0.1) is 0 Å². The third-order valence-electron chi connectivity index (χ3n) is 6.45. The second-order valence-corrected chi connectivity index (χ2v) is 9.97. The van der Waals surface area contributed by atoms with Gasteiger partial charge in [-0.2, -0.15) is 0 Å². The van der Waals surface area contributed by atoms with Crippen LogP contribution in [0.2, 0.25) is 0 Å². The van der Waals surface area contributed by atoms with Crippen molar-refractivity contribution in [3.63, 3.8) is 0 Å². The SMILES string of the molecule is CCCCc1ccc(C(=O)Oc2c(C(C)C)cc(C(C)C)cc2C(CCCC)C(=O)OCC)cc1. The van der Waals surface area contributed by atoms with Crippen LogP contribution in [0.1, 0.15) is 131 Å². The molecule has 2 aromatic rings. The van der Waals surface area contributed by atoms with Gasteiger partial charge in [-0.25, -0.2) is 4.79 Å². The molecule has 0 saturated heterocycles. The normalized spacial score (nSPS) is 12.1. The minimum Gasteiger partial charge on any atom is -0.466 e. The molecular weight excluding hydrogens is 436 g/mol. The molecule has 1 unspecified atom stereocenters. The Morgan fingerprint density at radius 3 is 2.00 bits per heavy atom. The topological polar surface area (TPSA) is 52.6 Å². The van der Waals surface area contributed by atoms with Crippen molar-refractivity contribution < 1.29 is 19.1 Å². The molecule has 0 heterocycles. The molecule has 0 amide bonds. The van der Waals surface area contributed by atoms with Crippen LogP contribution < -0.4 is 4.74 Å². The van der Waals surface area contributed by atoms with Crippen molar-refractivity contribution >= 4 is 11.9 Å². The van der Waals surface area contributed by atoms with Crippen LogP contribution in [-0.4, -0.2) is 18.5 Å². The number of hydrogen-bond donors (Lipinski definition) is 0. The average molecular weight is 481 g/mol. The molecule has 0 aliphatic carbocycles. The number of carbonyl (C=O) groups excluding carboxylic acids is 2. The van der Waals surface area contributed by atoms with Crippen molar-refractivity contribution in [2.45, 2.75) is 105 Å². The fourth-order valence-corrected chi connectivity index (χ4v) is 4.23. The van der Waals surface area contributed by atoms with Gasteiger partial charge in [-0.1, -0.05) is 85.1 Å². The van der Waals surface area contributed by atoms with E-state index in [0.29, 0.717) is 24.3 Å². The maximum absolute atomic E-state index is 13.3. The zero-order valence-electron chi connectivity index (χ0n) is 22.8. The zero-order chi connectivity index (χ0) is 26.0. The number of aryl methyl sites for hydroxylation is 1. The first-order valence-electron chi connectivity index (χ1n) is 13.4. The smallest absolute Gasteiger partial charge is 0.343 e. The molecule has 192 valence electrons. The lowest BCUT2D eigenvalue weighted by molar-refractivity contribution is -0.145. The summed E-state index contributed by atoms with van der Waals surface area (Å²) in [6, 6.07) is 11.8. The van der Waals surface area contributed by atoms with Gasteiger partial charge in [-0.3, -0.25) is 4.79 Å². The van der Waals surface area contributed by atoms with Crippen LogP contribution in [-0.2, 0) is 16.0 Å². The van der Waals surface area contributed by atoms with Crippen molar-refractivity contribution in [1.29, 1.82) is 0 Å². The standard InChI is InChI=1S/C31H44O4/c1-8-11-13-23-15-17-24(18-16-23)30(32)35-29-27(22(6)7)19-25(21(4)5)20-28(29)26(14-12-9-2)31(33)34-10-3/h15-22,26H,8-14H2,1-7H3. The van der Waals surface area contributed by atoms with Gasteiger partial charge in [0.1, 0.15) is 5.75 Å². The van der Waals surface area contributed by atoms with Gasteiger partial charge in [0.05, 0.1) is 18.1 Å². The van der Waals surface area contributed by atoms with Gasteiger partial charge >= 0.3 is 11.9 Å². The van der Waals surface area contributed by atoms with Gasteiger partial charge < -0.3 is 9.47 Å². The van der Waals surface area contributed by atoms with E-state index in [-0.39, 0.29) is 17.8 Å². The quantitative estimate of drug-likeness (QED) is 0.214. The number of esters is 2. The van der Waals surface area contributed by atoms with E-state index in [1.54, 1.807) is 0 Å². The second-order valence-electron chi connectivity index (χ2n) is 9.97. The number of rotatable bonds is 13. The maximum atomic E-state index is 13.3. The van der Waals surface area contributed by atoms with Gasteiger partial charge in [0.25, 0.3) is 0 Å². The predicted molar refractivity (Wildman–Crippen MR) is 144 cm³/mol. The highest BCUT2D eigenvalue weighted by Crippen LogP contribution is 2.40. The molecule has 35 heavy (non-hydrogen) atoms. The molecule has 2 aromatic carbocycles. The summed E-state index contributed by atoms with van der Waals surface area (Å²) in [6.07, 6.45) is 5.78. The Morgan fingerprint density at radius 2 is 1.46 bits per heavy atom. The largest absolute Gasteiger partial charge is 0.466 e. The fraction of sp³-hybridized carbons (Fsp3) is 0.548. The summed E-state index contributed by atoms with van der Waals surface area (Å²) in [5.41, 5.74) is 4.58. The highest BCUT2D eigenvalue weighted by atomic mass is 16.5. The molecule has 4 nitrogen and oxygen atoms in total. The van der Waals surface area contributed by atoms with Crippen LogP contribution in [0.3, 0.4) is 0 Å². The van der Waals surface area contributed by atoms with Crippen molar-refractivity contribution in [2.75, 3.05) is 6.61 Å². The predicted octanol–water partition coefficient (Wildman–Crippen LogP) is 8.33. The summed E-state index contributed by atoms with van der Waals surface area (Å²) in [6.45, 7) is 14.9. The molecule has 4 heteroatoms. The van der Waals surface area contributed by atoms with Gasteiger partial charge in [0, 0.05) is 5.56 Å². The monoisotopic (exact) mass is 480 g/mol. The van der Waals surface area contributed by atoms with E-state index in [4.69, 9.17) is 9.47 Å². The van der Waals surface area contributed by atoms with Gasteiger partial charge in [-0.05, 0) is 66.8 Å². The second kappa shape index (κ2) is 14.1. The molecule has 0 radical (unpaired) electrons. The molecule has 0 aliphatic rings. The molecule has 2 rings (SSSR count). The molecule has 0 aliphatic heterocycles. The van der Waals surface area contributed by atoms with Crippen molar-refractivity contribution in [2.24, 2.45) is 0 Å². The number of unbranched alkanes of at least 4 members (excludes halogenated alkanes) is 2. The summed E-state index contributed by atoms with van der Waals surface area (Å²) in [4.78, 5) is 26.4. The Morgan fingerprint density at radius 1 is 0.829 bits per heavy atom.